The van der Waals surface area contributed by atoms with Crippen molar-refractivity contribution in [1.29, 1.82) is 0 Å². The summed E-state index contributed by atoms with van der Waals surface area (Å²) >= 11 is 0. The lowest BCUT2D eigenvalue weighted by Crippen LogP contribution is -2.11. The fourth-order valence-corrected chi connectivity index (χ4v) is 7.72. The molecule has 22 nitrogen and oxygen atoms in total. The Morgan fingerprint density at radius 3 is 0.736 bits per heavy atom. The second kappa shape index (κ2) is 38.4. The lowest BCUT2D eigenvalue weighted by molar-refractivity contribution is -0.146. The van der Waals surface area contributed by atoms with Crippen molar-refractivity contribution in [3.63, 3.8) is 0 Å². The lowest BCUT2D eigenvalue weighted by Gasteiger charge is -2.09. The molecule has 0 radical (unpaired) electrons. The van der Waals surface area contributed by atoms with Gasteiger partial charge in [0.1, 0.15) is 34.5 Å². The van der Waals surface area contributed by atoms with Crippen molar-refractivity contribution in [2.45, 2.75) is 70.6 Å². The standard InChI is InChI=1S/C69H68O22/c1-3-60(70)82-42-7-5-40-80-54-28-16-50(17-29-54)66(76)90-58-36-24-52(25-37-58)68(78)88-56-32-20-48(21-33-56)64(74)86-46-11-9-44-84-62(72)14-13-15-63(73)85-45-10-12-47-87-65(75)49-22-34-57(35-23-49)89-69(79)53-26-38-59(39-27-53)91-67(77)51-18-30-55(31-19-51)81-41-6-8-43-83-61(71)4-2/h3-4,16-39H,1-2,5-15,40-47H2. The highest BCUT2D eigenvalue weighted by molar-refractivity contribution is 5.95. The fourth-order valence-electron chi connectivity index (χ4n) is 7.72. The van der Waals surface area contributed by atoms with E-state index in [1.807, 2.05) is 0 Å². The second-order valence-corrected chi connectivity index (χ2v) is 19.5. The minimum Gasteiger partial charge on any atom is -0.494 e. The number of ether oxygens (including phenoxy) is 12. The minimum atomic E-state index is -0.681. The van der Waals surface area contributed by atoms with Gasteiger partial charge in [-0.15, -0.1) is 0 Å². The van der Waals surface area contributed by atoms with Gasteiger partial charge < -0.3 is 56.8 Å². The van der Waals surface area contributed by atoms with Gasteiger partial charge in [-0.2, -0.15) is 0 Å². The van der Waals surface area contributed by atoms with Crippen molar-refractivity contribution >= 4 is 59.7 Å². The van der Waals surface area contributed by atoms with E-state index < -0.39 is 59.7 Å². The third-order valence-corrected chi connectivity index (χ3v) is 12.7. The van der Waals surface area contributed by atoms with Crippen molar-refractivity contribution in [2.24, 2.45) is 0 Å². The fraction of sp³-hybridized carbons (Fsp3) is 0.275. The van der Waals surface area contributed by atoms with Gasteiger partial charge in [0.25, 0.3) is 0 Å². The van der Waals surface area contributed by atoms with Gasteiger partial charge in [0.2, 0.25) is 0 Å². The Labute approximate surface area is 524 Å². The van der Waals surface area contributed by atoms with Crippen LogP contribution >= 0.6 is 0 Å². The van der Waals surface area contributed by atoms with E-state index in [2.05, 4.69) is 13.2 Å². The highest BCUT2D eigenvalue weighted by Crippen LogP contribution is 2.23. The number of carbonyl (C=O) groups excluding carboxylic acids is 10. The quantitative estimate of drug-likeness (QED) is 0.0114. The smallest absolute Gasteiger partial charge is 0.343 e. The molecule has 0 spiro atoms. The molecular formula is C69H68O22. The summed E-state index contributed by atoms with van der Waals surface area (Å²) < 4.78 is 64.0. The van der Waals surface area contributed by atoms with Crippen LogP contribution in [0.1, 0.15) is 133 Å². The Balaban J connectivity index is 0.736. The summed E-state index contributed by atoms with van der Waals surface area (Å²) in [5.41, 5.74) is 1.39. The Morgan fingerprint density at radius 1 is 0.253 bits per heavy atom. The number of unbranched alkanes of at least 4 members (excludes halogenated alkanes) is 4. The average Bonchev–Trinajstić information content (AvgIpc) is 2.94. The summed E-state index contributed by atoms with van der Waals surface area (Å²) in [6, 6.07) is 35.9. The van der Waals surface area contributed by atoms with Gasteiger partial charge in [-0.05, 0) is 203 Å². The third-order valence-electron chi connectivity index (χ3n) is 12.7. The van der Waals surface area contributed by atoms with E-state index in [4.69, 9.17) is 56.8 Å². The normalized spacial score (nSPS) is 10.5. The van der Waals surface area contributed by atoms with Gasteiger partial charge in [0.15, 0.2) is 0 Å². The molecule has 0 heterocycles. The van der Waals surface area contributed by atoms with Gasteiger partial charge in [0.05, 0.1) is 86.2 Å². The maximum atomic E-state index is 12.8. The van der Waals surface area contributed by atoms with Gasteiger partial charge in [-0.1, -0.05) is 13.2 Å². The van der Waals surface area contributed by atoms with E-state index >= 15 is 0 Å². The molecule has 0 saturated carbocycles. The molecule has 0 atom stereocenters. The molecule has 476 valence electrons. The van der Waals surface area contributed by atoms with Crippen LogP contribution < -0.4 is 28.4 Å². The summed E-state index contributed by atoms with van der Waals surface area (Å²) in [5, 5.41) is 0. The zero-order valence-electron chi connectivity index (χ0n) is 49.8. The van der Waals surface area contributed by atoms with Crippen molar-refractivity contribution in [2.75, 3.05) is 52.9 Å². The molecule has 0 bridgehead atoms. The molecule has 0 aromatic heterocycles. The number of benzene rings is 6. The van der Waals surface area contributed by atoms with Crippen molar-refractivity contribution in [3.8, 4) is 34.5 Å². The summed E-state index contributed by atoms with van der Waals surface area (Å²) in [7, 11) is 0. The van der Waals surface area contributed by atoms with Crippen LogP contribution in [0.4, 0.5) is 0 Å². The molecule has 6 aromatic rings. The molecule has 0 aliphatic carbocycles. The number of hydrogen-bond acceptors (Lipinski definition) is 22. The summed E-state index contributed by atoms with van der Waals surface area (Å²) in [6.45, 7) is 8.32. The number of esters is 10. The number of rotatable bonds is 38. The highest BCUT2D eigenvalue weighted by atomic mass is 16.6. The van der Waals surface area contributed by atoms with Crippen molar-refractivity contribution in [3.05, 3.63) is 204 Å². The molecule has 0 N–H and O–H groups in total. The maximum absolute atomic E-state index is 12.8. The predicted molar refractivity (Wildman–Crippen MR) is 325 cm³/mol. The van der Waals surface area contributed by atoms with E-state index in [0.29, 0.717) is 76.1 Å². The molecule has 22 heteroatoms. The van der Waals surface area contributed by atoms with Crippen molar-refractivity contribution in [1.82, 2.24) is 0 Å². The first kappa shape index (κ1) is 69.2. The van der Waals surface area contributed by atoms with Crippen LogP contribution in [-0.4, -0.2) is 113 Å². The molecule has 0 unspecified atom stereocenters. The first-order valence-electron chi connectivity index (χ1n) is 29.1. The first-order chi connectivity index (χ1) is 44.2. The molecule has 0 saturated heterocycles. The highest BCUT2D eigenvalue weighted by Gasteiger charge is 2.17. The molecule has 6 rings (SSSR count). The van der Waals surface area contributed by atoms with Gasteiger partial charge >= 0.3 is 59.7 Å². The van der Waals surface area contributed by atoms with Crippen LogP contribution in [0.2, 0.25) is 0 Å². The summed E-state index contributed by atoms with van der Waals surface area (Å²) in [6.07, 6.45) is 6.67. The average molecular weight is 1250 g/mol. The molecule has 6 aromatic carbocycles. The van der Waals surface area contributed by atoms with Crippen LogP contribution in [0.15, 0.2) is 171 Å². The largest absolute Gasteiger partial charge is 0.494 e. The zero-order chi connectivity index (χ0) is 65.0. The van der Waals surface area contributed by atoms with Gasteiger partial charge in [-0.25, -0.2) is 38.4 Å². The van der Waals surface area contributed by atoms with E-state index in [1.54, 1.807) is 48.5 Å². The second-order valence-electron chi connectivity index (χ2n) is 19.5. The number of hydrogen-bond donors (Lipinski definition) is 0. The zero-order valence-corrected chi connectivity index (χ0v) is 49.8. The third kappa shape index (κ3) is 25.8. The Bertz CT molecular complexity index is 3160. The topological polar surface area (TPSA) is 281 Å². The summed E-state index contributed by atoms with van der Waals surface area (Å²) in [5.74, 6) is -3.85. The van der Waals surface area contributed by atoms with E-state index in [0.717, 1.165) is 12.2 Å². The van der Waals surface area contributed by atoms with Crippen LogP contribution in [0, 0.1) is 0 Å². The SMILES string of the molecule is C=CC(=O)OCCCCOc1ccc(C(=O)Oc2ccc(C(=O)Oc3ccc(C(=O)OCCCCOC(=O)CCCC(=O)OCCCCOC(=O)c4ccc(OC(=O)c5ccc(OC(=O)c6ccc(OCCCCOC(=O)C=C)cc6)cc5)cc4)cc3)cc2)cc1. The van der Waals surface area contributed by atoms with Crippen LogP contribution in [0.5, 0.6) is 34.5 Å². The van der Waals surface area contributed by atoms with E-state index in [-0.39, 0.29) is 115 Å². The van der Waals surface area contributed by atoms with Gasteiger partial charge in [0, 0.05) is 25.0 Å². The van der Waals surface area contributed by atoms with Gasteiger partial charge in [-0.3, -0.25) is 9.59 Å². The molecular weight excluding hydrogens is 1180 g/mol. The lowest BCUT2D eigenvalue weighted by atomic mass is 10.2. The number of carbonyl (C=O) groups is 10. The molecule has 0 aliphatic rings. The van der Waals surface area contributed by atoms with Crippen LogP contribution in [0.3, 0.4) is 0 Å². The Morgan fingerprint density at radius 2 is 0.473 bits per heavy atom. The molecule has 0 amide bonds. The van der Waals surface area contributed by atoms with Crippen molar-refractivity contribution < 1.29 is 105 Å². The van der Waals surface area contributed by atoms with Crippen LogP contribution in [0.25, 0.3) is 0 Å². The molecule has 0 aliphatic heterocycles. The summed E-state index contributed by atoms with van der Waals surface area (Å²) in [4.78, 5) is 123. The first-order valence-corrected chi connectivity index (χ1v) is 29.1. The monoisotopic (exact) mass is 1250 g/mol. The molecule has 91 heavy (non-hydrogen) atoms. The Kier molecular flexibility index (Phi) is 29.2. The van der Waals surface area contributed by atoms with Crippen LogP contribution in [-0.2, 0) is 47.6 Å². The predicted octanol–water partition coefficient (Wildman–Crippen LogP) is 11.2. The van der Waals surface area contributed by atoms with E-state index in [9.17, 15) is 47.9 Å². The van der Waals surface area contributed by atoms with E-state index in [1.165, 1.54) is 97.1 Å². The Hall–Kier alpha value is -10.9. The molecule has 0 fully saturated rings. The maximum Gasteiger partial charge on any atom is 0.343 e. The minimum absolute atomic E-state index is 0.00314.